The van der Waals surface area contributed by atoms with Gasteiger partial charge in [-0.2, -0.15) is 12.6 Å². The summed E-state index contributed by atoms with van der Waals surface area (Å²) >= 11 is 6.46. The van der Waals surface area contributed by atoms with E-state index in [1.54, 1.807) is 5.56 Å². The molecule has 1 unspecified atom stereocenters. The molecule has 0 bridgehead atoms. The number of aryl methyl sites for hydroxylation is 1. The summed E-state index contributed by atoms with van der Waals surface area (Å²) in [5, 5.41) is 1.47. The van der Waals surface area contributed by atoms with Crippen LogP contribution in [0.25, 0.3) is 10.1 Å². The predicted octanol–water partition coefficient (Wildman–Crippen LogP) is 7.11. The van der Waals surface area contributed by atoms with E-state index < -0.39 is 0 Å². The first-order valence-corrected chi connectivity index (χ1v) is 11.1. The Morgan fingerprint density at radius 3 is 2.29 bits per heavy atom. The van der Waals surface area contributed by atoms with Crippen LogP contribution >= 0.6 is 24.0 Å². The van der Waals surface area contributed by atoms with Crippen LogP contribution in [0.4, 0.5) is 0 Å². The first-order chi connectivity index (χ1) is 11.8. The summed E-state index contributed by atoms with van der Waals surface area (Å²) in [5.74, 6) is 0.963. The molecule has 0 amide bonds. The van der Waals surface area contributed by atoms with Crippen LogP contribution in [-0.4, -0.2) is 23.7 Å². The number of thiophene rings is 1. The number of hydrogen-bond donors (Lipinski definition) is 1. The monoisotopic (exact) mass is 365 g/mol. The van der Waals surface area contributed by atoms with Gasteiger partial charge in [-0.15, -0.1) is 11.3 Å². The first-order valence-electron chi connectivity index (χ1n) is 9.64. The van der Waals surface area contributed by atoms with E-state index in [4.69, 9.17) is 0 Å². The molecule has 1 fully saturated rings. The molecule has 3 rings (SSSR count). The van der Waals surface area contributed by atoms with Crippen LogP contribution in [0.3, 0.4) is 0 Å². The van der Waals surface area contributed by atoms with Gasteiger partial charge < -0.3 is 0 Å². The molecule has 1 saturated heterocycles. The molecule has 1 aliphatic heterocycles. The molecular formula is C21H35NS2. The third-order valence-corrected chi connectivity index (χ3v) is 5.75. The average molecular weight is 366 g/mol. The molecule has 0 radical (unpaired) electrons. The Morgan fingerprint density at radius 2 is 1.67 bits per heavy atom. The van der Waals surface area contributed by atoms with Crippen molar-refractivity contribution in [1.82, 2.24) is 4.90 Å². The lowest BCUT2D eigenvalue weighted by atomic mass is 9.97. The van der Waals surface area contributed by atoms with E-state index in [-0.39, 0.29) is 0 Å². The number of hydrogen-bond acceptors (Lipinski definition) is 3. The number of rotatable bonds is 4. The maximum atomic E-state index is 4.52. The zero-order chi connectivity index (χ0) is 17.9. The van der Waals surface area contributed by atoms with Gasteiger partial charge in [0.2, 0.25) is 0 Å². The molecule has 3 heteroatoms. The molecule has 1 aliphatic rings. The molecule has 2 heterocycles. The van der Waals surface area contributed by atoms with Crippen LogP contribution in [0.5, 0.6) is 0 Å². The molecular weight excluding hydrogens is 330 g/mol. The van der Waals surface area contributed by atoms with Crippen molar-refractivity contribution in [2.24, 2.45) is 0 Å². The summed E-state index contributed by atoms with van der Waals surface area (Å²) < 4.78 is 1.43. The second-order valence-corrected chi connectivity index (χ2v) is 7.40. The fraction of sp³-hybridized carbons (Fsp3) is 0.619. The number of thiol groups is 1. The highest BCUT2D eigenvalue weighted by molar-refractivity contribution is 7.80. The Labute approximate surface area is 158 Å². The minimum Gasteiger partial charge on any atom is -0.296 e. The third-order valence-electron chi connectivity index (χ3n) is 4.39. The van der Waals surface area contributed by atoms with Gasteiger partial charge in [-0.25, -0.2) is 0 Å². The van der Waals surface area contributed by atoms with Gasteiger partial charge in [-0.05, 0) is 62.0 Å². The number of piperidine rings is 1. The lowest BCUT2D eigenvalue weighted by Gasteiger charge is -2.35. The van der Waals surface area contributed by atoms with Gasteiger partial charge in [0.15, 0.2) is 0 Å². The average Bonchev–Trinajstić information content (AvgIpc) is 2.99. The van der Waals surface area contributed by atoms with E-state index >= 15 is 0 Å². The Morgan fingerprint density at radius 1 is 1.04 bits per heavy atom. The summed E-state index contributed by atoms with van der Waals surface area (Å²) in [6, 6.07) is 9.43. The standard InChI is InChI=1S/C17H23NS2.2C2H6/c1-13-17(14-7-3-4-8-16(14)20-13)15(9-12-19)18-10-5-2-6-11-18;2*1-2/h3-4,7-8,15,19H,2,5-6,9-12H2,1H3;2*1-2H3. The molecule has 2 aromatic rings. The summed E-state index contributed by atoms with van der Waals surface area (Å²) in [5.41, 5.74) is 1.57. The third kappa shape index (κ3) is 5.24. The van der Waals surface area contributed by atoms with Crippen molar-refractivity contribution in [2.75, 3.05) is 18.8 Å². The number of likely N-dealkylation sites (tertiary alicyclic amines) is 1. The Hall–Kier alpha value is -0.510. The van der Waals surface area contributed by atoms with Gasteiger partial charge in [-0.3, -0.25) is 4.90 Å². The molecule has 1 nitrogen and oxygen atoms in total. The van der Waals surface area contributed by atoms with Crippen molar-refractivity contribution < 1.29 is 0 Å². The molecule has 0 saturated carbocycles. The Balaban J connectivity index is 0.000000671. The normalized spacial score (nSPS) is 15.9. The zero-order valence-electron chi connectivity index (χ0n) is 16.1. The molecule has 1 atom stereocenters. The minimum absolute atomic E-state index is 0.559. The quantitative estimate of drug-likeness (QED) is 0.565. The van der Waals surface area contributed by atoms with Crippen molar-refractivity contribution in [2.45, 2.75) is 66.3 Å². The first kappa shape index (κ1) is 21.5. The lowest BCUT2D eigenvalue weighted by Crippen LogP contribution is -2.34. The van der Waals surface area contributed by atoms with E-state index in [1.807, 2.05) is 39.0 Å². The largest absolute Gasteiger partial charge is 0.296 e. The topological polar surface area (TPSA) is 3.24 Å². The number of fused-ring (bicyclic) bond motifs is 1. The van der Waals surface area contributed by atoms with Crippen LogP contribution in [0.15, 0.2) is 24.3 Å². The number of nitrogens with zero attached hydrogens (tertiary/aromatic N) is 1. The van der Waals surface area contributed by atoms with Gasteiger partial charge in [0.05, 0.1) is 0 Å². The Kier molecular flexibility index (Phi) is 10.7. The van der Waals surface area contributed by atoms with Crippen molar-refractivity contribution in [3.8, 4) is 0 Å². The summed E-state index contributed by atoms with van der Waals surface area (Å²) in [6.45, 7) is 12.8. The number of benzene rings is 1. The van der Waals surface area contributed by atoms with Crippen LogP contribution in [0.2, 0.25) is 0 Å². The fourth-order valence-electron chi connectivity index (χ4n) is 3.46. The van der Waals surface area contributed by atoms with E-state index in [2.05, 4.69) is 48.7 Å². The summed E-state index contributed by atoms with van der Waals surface area (Å²) in [7, 11) is 0. The maximum absolute atomic E-state index is 4.52. The lowest BCUT2D eigenvalue weighted by molar-refractivity contribution is 0.161. The minimum atomic E-state index is 0.559. The molecule has 1 aromatic carbocycles. The van der Waals surface area contributed by atoms with Crippen molar-refractivity contribution in [3.63, 3.8) is 0 Å². The van der Waals surface area contributed by atoms with E-state index in [9.17, 15) is 0 Å². The van der Waals surface area contributed by atoms with Crippen LogP contribution in [-0.2, 0) is 0 Å². The fourth-order valence-corrected chi connectivity index (χ4v) is 4.83. The molecule has 136 valence electrons. The van der Waals surface area contributed by atoms with Crippen LogP contribution in [0.1, 0.15) is 69.9 Å². The van der Waals surface area contributed by atoms with Crippen LogP contribution < -0.4 is 0 Å². The van der Waals surface area contributed by atoms with Gasteiger partial charge >= 0.3 is 0 Å². The predicted molar refractivity (Wildman–Crippen MR) is 116 cm³/mol. The van der Waals surface area contributed by atoms with Crippen molar-refractivity contribution in [3.05, 3.63) is 34.7 Å². The van der Waals surface area contributed by atoms with Crippen molar-refractivity contribution >= 4 is 34.1 Å². The molecule has 0 aliphatic carbocycles. The zero-order valence-corrected chi connectivity index (χ0v) is 17.9. The highest BCUT2D eigenvalue weighted by atomic mass is 32.1. The second-order valence-electron chi connectivity index (χ2n) is 5.69. The van der Waals surface area contributed by atoms with Crippen LogP contribution in [0, 0.1) is 6.92 Å². The second kappa shape index (κ2) is 11.9. The van der Waals surface area contributed by atoms with Crippen molar-refractivity contribution in [1.29, 1.82) is 0 Å². The molecule has 24 heavy (non-hydrogen) atoms. The summed E-state index contributed by atoms with van der Waals surface area (Å²) in [4.78, 5) is 4.19. The van der Waals surface area contributed by atoms with Gasteiger partial charge in [0.25, 0.3) is 0 Å². The smallest absolute Gasteiger partial charge is 0.0372 e. The van der Waals surface area contributed by atoms with E-state index in [1.165, 1.54) is 47.3 Å². The molecule has 0 spiro atoms. The van der Waals surface area contributed by atoms with Gasteiger partial charge in [0.1, 0.15) is 0 Å². The van der Waals surface area contributed by atoms with Gasteiger partial charge in [0, 0.05) is 15.6 Å². The highest BCUT2D eigenvalue weighted by Gasteiger charge is 2.25. The SMILES string of the molecule is CC.CC.Cc1sc2ccccc2c1C(CCS)N1CCCCC1. The summed E-state index contributed by atoms with van der Waals surface area (Å²) in [6.07, 6.45) is 5.26. The molecule has 0 N–H and O–H groups in total. The van der Waals surface area contributed by atoms with E-state index in [0.717, 1.165) is 12.2 Å². The highest BCUT2D eigenvalue weighted by Crippen LogP contribution is 2.39. The van der Waals surface area contributed by atoms with Gasteiger partial charge in [-0.1, -0.05) is 52.3 Å². The molecule has 1 aromatic heterocycles. The Bertz CT molecular complexity index is 570. The maximum Gasteiger partial charge on any atom is 0.0372 e. The van der Waals surface area contributed by atoms with E-state index in [0.29, 0.717) is 6.04 Å².